The van der Waals surface area contributed by atoms with E-state index in [1.165, 1.54) is 52.9 Å². The minimum atomic E-state index is -3.58. The predicted molar refractivity (Wildman–Crippen MR) is 110 cm³/mol. The van der Waals surface area contributed by atoms with Gasteiger partial charge in [0, 0.05) is 37.0 Å². The summed E-state index contributed by atoms with van der Waals surface area (Å²) in [7, 11) is -3.58. The molecule has 2 aromatic carbocycles. The average Bonchev–Trinajstić information content (AvgIpc) is 2.73. The van der Waals surface area contributed by atoms with Gasteiger partial charge in [0.15, 0.2) is 0 Å². The quantitative estimate of drug-likeness (QED) is 0.442. The number of amides is 1. The van der Waals surface area contributed by atoms with Gasteiger partial charge in [-0.1, -0.05) is 12.5 Å². The van der Waals surface area contributed by atoms with Crippen LogP contribution in [0.5, 0.6) is 0 Å². The fraction of sp³-hybridized carbons (Fsp3) is 0.250. The first kappa shape index (κ1) is 20.7. The highest BCUT2D eigenvalue weighted by atomic mass is 32.2. The minimum Gasteiger partial charge on any atom is -0.322 e. The number of benzene rings is 2. The van der Waals surface area contributed by atoms with Crippen molar-refractivity contribution in [3.05, 3.63) is 70.3 Å². The van der Waals surface area contributed by atoms with Crippen LogP contribution in [0.25, 0.3) is 6.08 Å². The molecule has 1 aliphatic heterocycles. The number of anilines is 1. The van der Waals surface area contributed by atoms with E-state index in [2.05, 4.69) is 5.32 Å². The van der Waals surface area contributed by atoms with Crippen molar-refractivity contribution in [2.24, 2.45) is 0 Å². The molecule has 1 saturated heterocycles. The smallest absolute Gasteiger partial charge is 0.269 e. The van der Waals surface area contributed by atoms with Gasteiger partial charge < -0.3 is 5.32 Å². The Kier molecular flexibility index (Phi) is 6.40. The van der Waals surface area contributed by atoms with Gasteiger partial charge >= 0.3 is 0 Å². The number of nitrogens with one attached hydrogen (secondary N) is 1. The highest BCUT2D eigenvalue weighted by molar-refractivity contribution is 7.89. The summed E-state index contributed by atoms with van der Waals surface area (Å²) in [5.41, 5.74) is 0.979. The number of sulfonamides is 1. The van der Waals surface area contributed by atoms with Gasteiger partial charge in [-0.3, -0.25) is 14.9 Å². The van der Waals surface area contributed by atoms with Crippen molar-refractivity contribution in [1.29, 1.82) is 0 Å². The van der Waals surface area contributed by atoms with E-state index in [0.29, 0.717) is 24.3 Å². The van der Waals surface area contributed by atoms with Gasteiger partial charge in [-0.25, -0.2) is 8.42 Å². The largest absolute Gasteiger partial charge is 0.322 e. The molecule has 2 aromatic rings. The summed E-state index contributed by atoms with van der Waals surface area (Å²) in [6.45, 7) is 1.02. The molecule has 0 spiro atoms. The van der Waals surface area contributed by atoms with Gasteiger partial charge in [0.1, 0.15) is 0 Å². The van der Waals surface area contributed by atoms with Crippen LogP contribution < -0.4 is 5.32 Å². The predicted octanol–water partition coefficient (Wildman–Crippen LogP) is 3.42. The minimum absolute atomic E-state index is 0.0293. The fourth-order valence-corrected chi connectivity index (χ4v) is 4.62. The SMILES string of the molecule is O=C(C=Cc1ccc([N+](=O)[O-])cc1)Nc1cccc(S(=O)(=O)N2CCCCC2)c1. The molecule has 0 unspecified atom stereocenters. The summed E-state index contributed by atoms with van der Waals surface area (Å²) in [6, 6.07) is 12.0. The van der Waals surface area contributed by atoms with Crippen LogP contribution in [0.3, 0.4) is 0 Å². The molecule has 1 amide bonds. The molecule has 0 bridgehead atoms. The van der Waals surface area contributed by atoms with E-state index in [9.17, 15) is 23.3 Å². The van der Waals surface area contributed by atoms with Crippen molar-refractivity contribution >= 4 is 33.4 Å². The first-order valence-corrected chi connectivity index (χ1v) is 10.6. The van der Waals surface area contributed by atoms with Crippen LogP contribution >= 0.6 is 0 Å². The third-order valence-corrected chi connectivity index (χ3v) is 6.48. The van der Waals surface area contributed by atoms with Crippen molar-refractivity contribution in [2.45, 2.75) is 24.2 Å². The topological polar surface area (TPSA) is 110 Å². The number of piperidine rings is 1. The number of carbonyl (C=O) groups is 1. The molecular weight excluding hydrogens is 394 g/mol. The molecule has 29 heavy (non-hydrogen) atoms. The zero-order chi connectivity index (χ0) is 20.9. The second kappa shape index (κ2) is 8.97. The van der Waals surface area contributed by atoms with Gasteiger partial charge in [-0.05, 0) is 54.8 Å². The van der Waals surface area contributed by atoms with Crippen molar-refractivity contribution in [3.63, 3.8) is 0 Å². The molecule has 1 heterocycles. The summed E-state index contributed by atoms with van der Waals surface area (Å²) in [4.78, 5) is 22.5. The van der Waals surface area contributed by atoms with E-state index in [-0.39, 0.29) is 10.6 Å². The molecule has 0 radical (unpaired) electrons. The lowest BCUT2D eigenvalue weighted by molar-refractivity contribution is -0.384. The van der Waals surface area contributed by atoms with Crippen LogP contribution in [0, 0.1) is 10.1 Å². The molecule has 1 N–H and O–H groups in total. The summed E-state index contributed by atoms with van der Waals surface area (Å²) in [5, 5.41) is 13.3. The van der Waals surface area contributed by atoms with Gasteiger partial charge in [0.2, 0.25) is 15.9 Å². The molecular formula is C20H21N3O5S. The normalized spacial score (nSPS) is 15.3. The van der Waals surface area contributed by atoms with Gasteiger partial charge in [-0.2, -0.15) is 4.31 Å². The van der Waals surface area contributed by atoms with Gasteiger partial charge in [0.25, 0.3) is 5.69 Å². The van der Waals surface area contributed by atoms with E-state index in [1.54, 1.807) is 12.1 Å². The zero-order valence-corrected chi connectivity index (χ0v) is 16.5. The van der Waals surface area contributed by atoms with Crippen LogP contribution in [0.2, 0.25) is 0 Å². The van der Waals surface area contributed by atoms with E-state index in [0.717, 1.165) is 19.3 Å². The first-order chi connectivity index (χ1) is 13.9. The molecule has 3 rings (SSSR count). The van der Waals surface area contributed by atoms with E-state index in [4.69, 9.17) is 0 Å². The Hall–Kier alpha value is -3.04. The Balaban J connectivity index is 1.67. The number of hydrogen-bond donors (Lipinski definition) is 1. The van der Waals surface area contributed by atoms with Gasteiger partial charge in [0.05, 0.1) is 9.82 Å². The lowest BCUT2D eigenvalue weighted by Gasteiger charge is -2.26. The maximum atomic E-state index is 12.8. The Morgan fingerprint density at radius 3 is 2.41 bits per heavy atom. The monoisotopic (exact) mass is 415 g/mol. The summed E-state index contributed by atoms with van der Waals surface area (Å²) >= 11 is 0. The Labute approximate surface area is 169 Å². The number of carbonyl (C=O) groups excluding carboxylic acids is 1. The van der Waals surface area contributed by atoms with Gasteiger partial charge in [-0.15, -0.1) is 0 Å². The lowest BCUT2D eigenvalue weighted by atomic mass is 10.2. The van der Waals surface area contributed by atoms with E-state index >= 15 is 0 Å². The van der Waals surface area contributed by atoms with Crippen molar-refractivity contribution < 1.29 is 18.1 Å². The van der Waals surface area contributed by atoms with Crippen LogP contribution in [-0.2, 0) is 14.8 Å². The molecule has 152 valence electrons. The Bertz CT molecular complexity index is 1030. The molecule has 0 aliphatic carbocycles. The second-order valence-corrected chi connectivity index (χ2v) is 8.60. The fourth-order valence-electron chi connectivity index (χ4n) is 3.05. The van der Waals surface area contributed by atoms with Crippen molar-refractivity contribution in [3.8, 4) is 0 Å². The molecule has 0 aromatic heterocycles. The molecule has 9 heteroatoms. The number of nitro groups is 1. The third-order valence-electron chi connectivity index (χ3n) is 4.59. The first-order valence-electron chi connectivity index (χ1n) is 9.20. The zero-order valence-electron chi connectivity index (χ0n) is 15.7. The van der Waals surface area contributed by atoms with E-state index in [1.807, 2.05) is 0 Å². The van der Waals surface area contributed by atoms with E-state index < -0.39 is 20.9 Å². The maximum Gasteiger partial charge on any atom is 0.269 e. The molecule has 1 aliphatic rings. The van der Waals surface area contributed by atoms with Crippen LogP contribution in [0.15, 0.2) is 59.5 Å². The Morgan fingerprint density at radius 2 is 1.76 bits per heavy atom. The van der Waals surface area contributed by atoms with Crippen molar-refractivity contribution in [2.75, 3.05) is 18.4 Å². The number of rotatable bonds is 6. The number of nitro benzene ring substituents is 1. The highest BCUT2D eigenvalue weighted by Gasteiger charge is 2.26. The van der Waals surface area contributed by atoms with Crippen LogP contribution in [-0.4, -0.2) is 36.6 Å². The third kappa shape index (κ3) is 5.27. The number of hydrogen-bond acceptors (Lipinski definition) is 5. The van der Waals surface area contributed by atoms with Crippen LogP contribution in [0.1, 0.15) is 24.8 Å². The highest BCUT2D eigenvalue weighted by Crippen LogP contribution is 2.23. The number of non-ortho nitro benzene ring substituents is 1. The summed E-state index contributed by atoms with van der Waals surface area (Å²) in [6.07, 6.45) is 5.54. The molecule has 0 atom stereocenters. The molecule has 8 nitrogen and oxygen atoms in total. The molecule has 0 saturated carbocycles. The van der Waals surface area contributed by atoms with Crippen molar-refractivity contribution in [1.82, 2.24) is 4.31 Å². The number of nitrogens with zero attached hydrogens (tertiary/aromatic N) is 2. The standard InChI is InChI=1S/C20H21N3O5S/c24-20(12-9-16-7-10-18(11-8-16)23(25)26)21-17-5-4-6-19(15-17)29(27,28)22-13-2-1-3-14-22/h4-12,15H,1-3,13-14H2,(H,21,24). The second-order valence-electron chi connectivity index (χ2n) is 6.66. The summed E-state index contributed by atoms with van der Waals surface area (Å²) < 4.78 is 27.0. The Morgan fingerprint density at radius 1 is 1.07 bits per heavy atom. The lowest BCUT2D eigenvalue weighted by Crippen LogP contribution is -2.35. The van der Waals surface area contributed by atoms with Crippen LogP contribution in [0.4, 0.5) is 11.4 Å². The maximum absolute atomic E-state index is 12.8. The average molecular weight is 415 g/mol. The molecule has 1 fully saturated rings. The summed E-state index contributed by atoms with van der Waals surface area (Å²) in [5.74, 6) is -0.434.